The molecular formula is C7H13NO3. The van der Waals surface area contributed by atoms with E-state index in [2.05, 4.69) is 0 Å². The molecule has 0 spiro atoms. The van der Waals surface area contributed by atoms with Gasteiger partial charge in [-0.2, -0.15) is 0 Å². The molecule has 0 aromatic heterocycles. The molecule has 64 valence electrons. The average molecular weight is 159 g/mol. The Kier molecular flexibility index (Phi) is 2.84. The highest BCUT2D eigenvalue weighted by molar-refractivity contribution is 5.74. The molecule has 4 heteroatoms. The van der Waals surface area contributed by atoms with Crippen molar-refractivity contribution in [3.63, 3.8) is 0 Å². The van der Waals surface area contributed by atoms with Gasteiger partial charge in [0.15, 0.2) is 0 Å². The predicted octanol–water partition coefficient (Wildman–Crippen LogP) is -0.741. The Morgan fingerprint density at radius 2 is 2.45 bits per heavy atom. The van der Waals surface area contributed by atoms with Gasteiger partial charge in [-0.15, -0.1) is 0 Å². The maximum atomic E-state index is 10.5. The number of carbonyl (C=O) groups is 1. The molecule has 1 fully saturated rings. The maximum absolute atomic E-state index is 10.5. The fourth-order valence-corrected chi connectivity index (χ4v) is 1.26. The number of hydrogen-bond acceptors (Lipinski definition) is 3. The monoisotopic (exact) mass is 159 g/mol. The first-order valence-electron chi connectivity index (χ1n) is 3.74. The van der Waals surface area contributed by atoms with E-state index in [1.165, 1.54) is 0 Å². The number of nitrogens with two attached hydrogens (primary N) is 1. The summed E-state index contributed by atoms with van der Waals surface area (Å²) in [5.41, 5.74) is 4.99. The quantitative estimate of drug-likeness (QED) is 0.557. The molecule has 1 amide bonds. The van der Waals surface area contributed by atoms with E-state index in [9.17, 15) is 9.90 Å². The number of ether oxygens (including phenoxy) is 1. The molecule has 4 nitrogen and oxygen atoms in total. The minimum absolute atomic E-state index is 0.00116. The lowest BCUT2D eigenvalue weighted by Gasteiger charge is -2.26. The third-order valence-electron chi connectivity index (χ3n) is 1.93. The summed E-state index contributed by atoms with van der Waals surface area (Å²) in [6.45, 7) is 0.951. The standard InChI is InChI=1S/C7H13NO3/c8-7(10)3-5-1-2-11-4-6(5)9/h5-6,9H,1-4H2,(H2,8,10). The lowest BCUT2D eigenvalue weighted by molar-refractivity contribution is -0.122. The SMILES string of the molecule is NC(=O)CC1CCOCC1O. The van der Waals surface area contributed by atoms with Crippen LogP contribution in [-0.2, 0) is 9.53 Å². The van der Waals surface area contributed by atoms with Crippen molar-refractivity contribution in [3.8, 4) is 0 Å². The third-order valence-corrected chi connectivity index (χ3v) is 1.93. The fraction of sp³-hybridized carbons (Fsp3) is 0.857. The Morgan fingerprint density at radius 3 is 3.00 bits per heavy atom. The summed E-state index contributed by atoms with van der Waals surface area (Å²) in [4.78, 5) is 10.5. The van der Waals surface area contributed by atoms with Crippen molar-refractivity contribution in [3.05, 3.63) is 0 Å². The van der Waals surface area contributed by atoms with Gasteiger partial charge in [-0.1, -0.05) is 0 Å². The molecule has 0 bridgehead atoms. The van der Waals surface area contributed by atoms with Gasteiger partial charge in [0.1, 0.15) is 0 Å². The third kappa shape index (κ3) is 2.48. The minimum Gasteiger partial charge on any atom is -0.390 e. The van der Waals surface area contributed by atoms with Crippen molar-refractivity contribution in [2.24, 2.45) is 11.7 Å². The summed E-state index contributed by atoms with van der Waals surface area (Å²) in [6, 6.07) is 0. The van der Waals surface area contributed by atoms with Crippen molar-refractivity contribution >= 4 is 5.91 Å². The van der Waals surface area contributed by atoms with Crippen LogP contribution in [0.25, 0.3) is 0 Å². The fourth-order valence-electron chi connectivity index (χ4n) is 1.26. The molecule has 0 saturated carbocycles. The molecule has 2 atom stereocenters. The Hall–Kier alpha value is -0.610. The molecule has 2 unspecified atom stereocenters. The Morgan fingerprint density at radius 1 is 1.73 bits per heavy atom. The van der Waals surface area contributed by atoms with E-state index >= 15 is 0 Å². The molecule has 0 radical (unpaired) electrons. The molecule has 1 heterocycles. The molecule has 0 aromatic rings. The molecule has 0 aromatic carbocycles. The molecule has 3 N–H and O–H groups in total. The van der Waals surface area contributed by atoms with Crippen LogP contribution in [0.2, 0.25) is 0 Å². The highest BCUT2D eigenvalue weighted by Crippen LogP contribution is 2.18. The van der Waals surface area contributed by atoms with Crippen molar-refractivity contribution in [2.75, 3.05) is 13.2 Å². The van der Waals surface area contributed by atoms with Gasteiger partial charge in [-0.25, -0.2) is 0 Å². The number of rotatable bonds is 2. The second-order valence-corrected chi connectivity index (χ2v) is 2.86. The van der Waals surface area contributed by atoms with Crippen molar-refractivity contribution in [1.29, 1.82) is 0 Å². The van der Waals surface area contributed by atoms with Gasteiger partial charge >= 0.3 is 0 Å². The number of aliphatic hydroxyl groups excluding tert-OH is 1. The summed E-state index contributed by atoms with van der Waals surface area (Å²) >= 11 is 0. The van der Waals surface area contributed by atoms with E-state index in [1.807, 2.05) is 0 Å². The number of primary amides is 1. The molecular weight excluding hydrogens is 146 g/mol. The highest BCUT2D eigenvalue weighted by atomic mass is 16.5. The number of aliphatic hydroxyl groups is 1. The van der Waals surface area contributed by atoms with E-state index < -0.39 is 6.10 Å². The zero-order valence-corrected chi connectivity index (χ0v) is 6.32. The number of hydrogen-bond donors (Lipinski definition) is 2. The topological polar surface area (TPSA) is 72.6 Å². The molecule has 1 aliphatic heterocycles. The summed E-state index contributed by atoms with van der Waals surface area (Å²) in [6.07, 6.45) is 0.477. The minimum atomic E-state index is -0.517. The molecule has 1 saturated heterocycles. The van der Waals surface area contributed by atoms with Gasteiger partial charge in [-0.05, 0) is 12.3 Å². The first-order chi connectivity index (χ1) is 5.20. The average Bonchev–Trinajstić information content (AvgIpc) is 1.93. The van der Waals surface area contributed by atoms with E-state index in [0.717, 1.165) is 6.42 Å². The van der Waals surface area contributed by atoms with Crippen LogP contribution in [0.5, 0.6) is 0 Å². The van der Waals surface area contributed by atoms with Crippen LogP contribution < -0.4 is 5.73 Å². The van der Waals surface area contributed by atoms with Crippen LogP contribution >= 0.6 is 0 Å². The lowest BCUT2D eigenvalue weighted by atomic mass is 9.94. The van der Waals surface area contributed by atoms with Crippen LogP contribution in [0.1, 0.15) is 12.8 Å². The molecule has 0 aliphatic carbocycles. The van der Waals surface area contributed by atoms with Gasteiger partial charge in [0.2, 0.25) is 5.91 Å². The number of amides is 1. The van der Waals surface area contributed by atoms with E-state index in [4.69, 9.17) is 10.5 Å². The van der Waals surface area contributed by atoms with E-state index in [-0.39, 0.29) is 18.2 Å². The van der Waals surface area contributed by atoms with Crippen LogP contribution in [0.15, 0.2) is 0 Å². The van der Waals surface area contributed by atoms with Gasteiger partial charge in [0, 0.05) is 13.0 Å². The van der Waals surface area contributed by atoms with Gasteiger partial charge in [0.25, 0.3) is 0 Å². The summed E-state index contributed by atoms with van der Waals surface area (Å²) in [5, 5.41) is 9.29. The Bertz CT molecular complexity index is 149. The summed E-state index contributed by atoms with van der Waals surface area (Å²) in [5.74, 6) is -0.350. The Balaban J connectivity index is 2.35. The largest absolute Gasteiger partial charge is 0.390 e. The van der Waals surface area contributed by atoms with E-state index in [0.29, 0.717) is 13.2 Å². The first kappa shape index (κ1) is 8.49. The smallest absolute Gasteiger partial charge is 0.217 e. The van der Waals surface area contributed by atoms with Crippen LogP contribution in [0.4, 0.5) is 0 Å². The van der Waals surface area contributed by atoms with Crippen LogP contribution in [-0.4, -0.2) is 30.3 Å². The molecule has 11 heavy (non-hydrogen) atoms. The van der Waals surface area contributed by atoms with Crippen molar-refractivity contribution in [2.45, 2.75) is 18.9 Å². The number of carbonyl (C=O) groups excluding carboxylic acids is 1. The normalized spacial score (nSPS) is 31.7. The van der Waals surface area contributed by atoms with Crippen LogP contribution in [0, 0.1) is 5.92 Å². The second kappa shape index (κ2) is 3.69. The Labute approximate surface area is 65.3 Å². The lowest BCUT2D eigenvalue weighted by Crippen LogP contribution is -2.34. The van der Waals surface area contributed by atoms with Crippen LogP contribution in [0.3, 0.4) is 0 Å². The zero-order valence-electron chi connectivity index (χ0n) is 6.32. The van der Waals surface area contributed by atoms with E-state index in [1.54, 1.807) is 0 Å². The van der Waals surface area contributed by atoms with Gasteiger partial charge < -0.3 is 15.6 Å². The second-order valence-electron chi connectivity index (χ2n) is 2.86. The highest BCUT2D eigenvalue weighted by Gasteiger charge is 2.24. The summed E-state index contributed by atoms with van der Waals surface area (Å²) in [7, 11) is 0. The zero-order chi connectivity index (χ0) is 8.27. The predicted molar refractivity (Wildman–Crippen MR) is 38.7 cm³/mol. The van der Waals surface area contributed by atoms with Gasteiger partial charge in [0.05, 0.1) is 12.7 Å². The molecule has 1 aliphatic rings. The van der Waals surface area contributed by atoms with Gasteiger partial charge in [-0.3, -0.25) is 4.79 Å². The maximum Gasteiger partial charge on any atom is 0.217 e. The van der Waals surface area contributed by atoms with Crippen molar-refractivity contribution < 1.29 is 14.6 Å². The van der Waals surface area contributed by atoms with Crippen molar-refractivity contribution in [1.82, 2.24) is 0 Å². The first-order valence-corrected chi connectivity index (χ1v) is 3.74. The molecule has 1 rings (SSSR count). The summed E-state index contributed by atoms with van der Waals surface area (Å²) < 4.78 is 4.99.